The van der Waals surface area contributed by atoms with Gasteiger partial charge < -0.3 is 0 Å². The van der Waals surface area contributed by atoms with E-state index in [9.17, 15) is 0 Å². The molecule has 0 spiro atoms. The van der Waals surface area contributed by atoms with Crippen molar-refractivity contribution in [3.8, 4) is 0 Å². The average Bonchev–Trinajstić information content (AvgIpc) is 2.79. The Morgan fingerprint density at radius 3 is 2.35 bits per heavy atom. The Hall–Kier alpha value is -1.04. The first-order valence-corrected chi connectivity index (χ1v) is 9.87. The lowest BCUT2D eigenvalue weighted by atomic mass is 9.74. The quantitative estimate of drug-likeness (QED) is 0.492. The zero-order chi connectivity index (χ0) is 16.2. The molecule has 0 bridgehead atoms. The van der Waals surface area contributed by atoms with Crippen LogP contribution in [0, 0.1) is 23.7 Å². The van der Waals surface area contributed by atoms with Crippen molar-refractivity contribution in [3.63, 3.8) is 0 Å². The highest BCUT2D eigenvalue weighted by atomic mass is 14.4. The normalized spacial score (nSPS) is 32.2. The smallest absolute Gasteiger partial charge is 0.0169 e. The second kappa shape index (κ2) is 7.69. The molecule has 0 aromatic carbocycles. The molecule has 0 aromatic heterocycles. The molecule has 0 heteroatoms. The highest BCUT2D eigenvalue weighted by molar-refractivity contribution is 5.25. The zero-order valence-electron chi connectivity index (χ0n) is 15.4. The van der Waals surface area contributed by atoms with Crippen molar-refractivity contribution in [3.05, 3.63) is 47.1 Å². The maximum absolute atomic E-state index is 2.46. The summed E-state index contributed by atoms with van der Waals surface area (Å²) >= 11 is 0. The molecule has 3 atom stereocenters. The fraction of sp³-hybridized carbons (Fsp3) is 0.652. The first-order valence-electron chi connectivity index (χ1n) is 9.87. The number of rotatable bonds is 3. The predicted octanol–water partition coefficient (Wildman–Crippen LogP) is 7.01. The first-order chi connectivity index (χ1) is 11.1. The molecule has 3 unspecified atom stereocenters. The van der Waals surface area contributed by atoms with Gasteiger partial charge in [0.1, 0.15) is 0 Å². The van der Waals surface area contributed by atoms with Crippen LogP contribution in [0.25, 0.3) is 0 Å². The summed E-state index contributed by atoms with van der Waals surface area (Å²) < 4.78 is 0. The Morgan fingerprint density at radius 1 is 0.870 bits per heavy atom. The van der Waals surface area contributed by atoms with Crippen LogP contribution in [-0.4, -0.2) is 0 Å². The van der Waals surface area contributed by atoms with Crippen molar-refractivity contribution in [1.82, 2.24) is 0 Å². The maximum Gasteiger partial charge on any atom is -0.0169 e. The monoisotopic (exact) mass is 310 g/mol. The summed E-state index contributed by atoms with van der Waals surface area (Å²) in [5, 5.41) is 0. The summed E-state index contributed by atoms with van der Waals surface area (Å²) in [6, 6.07) is 0. The van der Waals surface area contributed by atoms with Crippen LogP contribution in [0.3, 0.4) is 0 Å². The molecule has 0 heterocycles. The van der Waals surface area contributed by atoms with Crippen LogP contribution in [0.1, 0.15) is 72.1 Å². The van der Waals surface area contributed by atoms with Gasteiger partial charge >= 0.3 is 0 Å². The molecule has 0 nitrogen and oxygen atoms in total. The molecule has 1 saturated carbocycles. The first kappa shape index (κ1) is 16.8. The minimum Gasteiger partial charge on any atom is -0.0842 e. The molecule has 3 aliphatic carbocycles. The molecule has 0 N–H and O–H groups in total. The van der Waals surface area contributed by atoms with Gasteiger partial charge in [0.2, 0.25) is 0 Å². The molecule has 0 saturated heterocycles. The Bertz CT molecular complexity index is 526. The lowest BCUT2D eigenvalue weighted by Crippen LogP contribution is -2.21. The minimum absolute atomic E-state index is 0.813. The summed E-state index contributed by atoms with van der Waals surface area (Å²) in [7, 11) is 0. The molecular weight excluding hydrogens is 276 g/mol. The van der Waals surface area contributed by atoms with Crippen LogP contribution < -0.4 is 0 Å². The van der Waals surface area contributed by atoms with Gasteiger partial charge in [0, 0.05) is 0 Å². The van der Waals surface area contributed by atoms with E-state index < -0.39 is 0 Å². The highest BCUT2D eigenvalue weighted by Gasteiger charge is 2.32. The Morgan fingerprint density at radius 2 is 1.70 bits per heavy atom. The third-order valence-corrected chi connectivity index (χ3v) is 6.48. The van der Waals surface area contributed by atoms with E-state index in [1.165, 1.54) is 51.4 Å². The number of allylic oxidation sites excluding steroid dienone is 8. The van der Waals surface area contributed by atoms with Crippen molar-refractivity contribution in [1.29, 1.82) is 0 Å². The predicted molar refractivity (Wildman–Crippen MR) is 101 cm³/mol. The summed E-state index contributed by atoms with van der Waals surface area (Å²) in [6.45, 7) is 7.17. The van der Waals surface area contributed by atoms with Crippen LogP contribution in [0.15, 0.2) is 47.1 Å². The van der Waals surface area contributed by atoms with E-state index >= 15 is 0 Å². The van der Waals surface area contributed by atoms with Crippen molar-refractivity contribution in [2.75, 3.05) is 0 Å². The van der Waals surface area contributed by atoms with Gasteiger partial charge in [-0.25, -0.2) is 0 Å². The van der Waals surface area contributed by atoms with Gasteiger partial charge in [0.15, 0.2) is 0 Å². The molecule has 0 radical (unpaired) electrons. The van der Waals surface area contributed by atoms with Crippen molar-refractivity contribution >= 4 is 0 Å². The van der Waals surface area contributed by atoms with Gasteiger partial charge in [-0.2, -0.15) is 0 Å². The van der Waals surface area contributed by atoms with Gasteiger partial charge in [0.25, 0.3) is 0 Å². The number of hydrogen-bond acceptors (Lipinski definition) is 0. The fourth-order valence-electron chi connectivity index (χ4n) is 4.99. The van der Waals surface area contributed by atoms with Crippen molar-refractivity contribution in [2.24, 2.45) is 23.7 Å². The molecule has 0 aromatic rings. The summed E-state index contributed by atoms with van der Waals surface area (Å²) in [5.41, 5.74) is 5.05. The Labute approximate surface area is 143 Å². The van der Waals surface area contributed by atoms with Crippen LogP contribution in [0.2, 0.25) is 0 Å². The minimum atomic E-state index is 0.813. The largest absolute Gasteiger partial charge is 0.0842 e. The molecule has 3 rings (SSSR count). The van der Waals surface area contributed by atoms with Crippen LogP contribution in [0.5, 0.6) is 0 Å². The second-order valence-electron chi connectivity index (χ2n) is 8.33. The van der Waals surface area contributed by atoms with E-state index in [2.05, 4.69) is 51.2 Å². The summed E-state index contributed by atoms with van der Waals surface area (Å²) in [6.07, 6.45) is 22.7. The van der Waals surface area contributed by atoms with Crippen molar-refractivity contribution in [2.45, 2.75) is 72.1 Å². The van der Waals surface area contributed by atoms with Crippen LogP contribution in [0.4, 0.5) is 0 Å². The Balaban J connectivity index is 1.75. The third-order valence-electron chi connectivity index (χ3n) is 6.48. The van der Waals surface area contributed by atoms with E-state index in [0.717, 1.165) is 23.7 Å². The number of hydrogen-bond donors (Lipinski definition) is 0. The van der Waals surface area contributed by atoms with Crippen molar-refractivity contribution < 1.29 is 0 Å². The zero-order valence-corrected chi connectivity index (χ0v) is 15.4. The lowest BCUT2D eigenvalue weighted by molar-refractivity contribution is 0.264. The lowest BCUT2D eigenvalue weighted by Gasteiger charge is -2.31. The van der Waals surface area contributed by atoms with Gasteiger partial charge in [-0.15, -0.1) is 0 Å². The molecule has 23 heavy (non-hydrogen) atoms. The van der Waals surface area contributed by atoms with Gasteiger partial charge in [-0.3, -0.25) is 0 Å². The molecule has 0 amide bonds. The average molecular weight is 311 g/mol. The van der Waals surface area contributed by atoms with E-state index in [1.54, 1.807) is 16.7 Å². The van der Waals surface area contributed by atoms with E-state index in [4.69, 9.17) is 0 Å². The molecular formula is C23H34. The van der Waals surface area contributed by atoms with Gasteiger partial charge in [-0.05, 0) is 82.0 Å². The van der Waals surface area contributed by atoms with Crippen LogP contribution >= 0.6 is 0 Å². The van der Waals surface area contributed by atoms with Crippen LogP contribution in [-0.2, 0) is 0 Å². The molecule has 1 fully saturated rings. The molecule has 126 valence electrons. The fourth-order valence-corrected chi connectivity index (χ4v) is 4.99. The molecule has 0 aliphatic heterocycles. The standard InChI is InChI=1S/C23H34/c1-17(2)22-15-13-20(19-11-9-18(3)10-12-19)14-16-23(22)21-7-5-4-6-8-21/h4-5,7,9,11,17,20,22-23H,6,8,10,12-16H2,1-3H3. The van der Waals surface area contributed by atoms with E-state index in [-0.39, 0.29) is 0 Å². The molecule has 3 aliphatic rings. The van der Waals surface area contributed by atoms with E-state index in [0.29, 0.717) is 0 Å². The Kier molecular flexibility index (Phi) is 5.62. The maximum atomic E-state index is 2.46. The third kappa shape index (κ3) is 4.08. The highest BCUT2D eigenvalue weighted by Crippen LogP contribution is 2.44. The van der Waals surface area contributed by atoms with E-state index in [1.807, 2.05) is 0 Å². The summed E-state index contributed by atoms with van der Waals surface area (Å²) in [4.78, 5) is 0. The second-order valence-corrected chi connectivity index (χ2v) is 8.33. The van der Waals surface area contributed by atoms with Gasteiger partial charge in [-0.1, -0.05) is 60.9 Å². The summed E-state index contributed by atoms with van der Waals surface area (Å²) in [5.74, 6) is 3.39. The topological polar surface area (TPSA) is 0 Å². The van der Waals surface area contributed by atoms with Gasteiger partial charge in [0.05, 0.1) is 0 Å². The SMILES string of the molecule is CC1=CC=C(C2CCC(C3=CC=CCC3)C(C(C)C)CC2)CC1.